The van der Waals surface area contributed by atoms with E-state index in [2.05, 4.69) is 29.4 Å². The van der Waals surface area contributed by atoms with Crippen molar-refractivity contribution in [3.63, 3.8) is 0 Å². The molecule has 0 spiro atoms. The standard InChI is InChI=1S/C20H20N4OS/c1-11-5-3-4-6-13(11)20-21-10-15(26-20)14-9-16(25)22-19-17(14)18(12-7-8-12)23-24(19)2/h3-6,10,12,14H,7-9H2,1-2H3,(H,22,25)/t14-/m1/s1. The highest BCUT2D eigenvalue weighted by atomic mass is 32.1. The van der Waals surface area contributed by atoms with Crippen LogP contribution < -0.4 is 5.32 Å². The number of aryl methyl sites for hydroxylation is 2. The van der Waals surface area contributed by atoms with Gasteiger partial charge in [0.2, 0.25) is 5.91 Å². The van der Waals surface area contributed by atoms with Gasteiger partial charge in [0.05, 0.1) is 5.69 Å². The second kappa shape index (κ2) is 5.77. The highest BCUT2D eigenvalue weighted by molar-refractivity contribution is 7.15. The number of anilines is 1. The predicted molar refractivity (Wildman–Crippen MR) is 103 cm³/mol. The zero-order chi connectivity index (χ0) is 17.8. The molecule has 0 unspecified atom stereocenters. The van der Waals surface area contributed by atoms with Crippen molar-refractivity contribution in [2.75, 3.05) is 5.32 Å². The molecule has 1 atom stereocenters. The van der Waals surface area contributed by atoms with E-state index in [1.165, 1.54) is 29.7 Å². The molecule has 2 aromatic heterocycles. The Labute approximate surface area is 156 Å². The highest BCUT2D eigenvalue weighted by Gasteiger charge is 2.39. The fraction of sp³-hybridized carbons (Fsp3) is 0.350. The molecule has 132 valence electrons. The van der Waals surface area contributed by atoms with Crippen LogP contribution in [0, 0.1) is 6.92 Å². The van der Waals surface area contributed by atoms with Crippen LogP contribution in [0.3, 0.4) is 0 Å². The van der Waals surface area contributed by atoms with E-state index in [4.69, 9.17) is 5.10 Å². The zero-order valence-corrected chi connectivity index (χ0v) is 15.6. The van der Waals surface area contributed by atoms with Crippen molar-refractivity contribution < 1.29 is 4.79 Å². The van der Waals surface area contributed by atoms with E-state index in [0.717, 1.165) is 21.3 Å². The quantitative estimate of drug-likeness (QED) is 0.757. The van der Waals surface area contributed by atoms with E-state index >= 15 is 0 Å². The van der Waals surface area contributed by atoms with Crippen LogP contribution in [0.2, 0.25) is 0 Å². The lowest BCUT2D eigenvalue weighted by Gasteiger charge is -2.22. The van der Waals surface area contributed by atoms with Gasteiger partial charge in [-0.25, -0.2) is 4.98 Å². The number of fused-ring (bicyclic) bond motifs is 1. The van der Waals surface area contributed by atoms with E-state index < -0.39 is 0 Å². The van der Waals surface area contributed by atoms with Gasteiger partial charge in [0.1, 0.15) is 10.8 Å². The third-order valence-corrected chi connectivity index (χ3v) is 6.46. The molecule has 1 aliphatic carbocycles. The maximum absolute atomic E-state index is 12.3. The Hall–Kier alpha value is -2.47. The summed E-state index contributed by atoms with van der Waals surface area (Å²) in [6, 6.07) is 8.30. The molecule has 1 fully saturated rings. The normalized spacial score (nSPS) is 19.3. The van der Waals surface area contributed by atoms with Gasteiger partial charge >= 0.3 is 0 Å². The molecule has 3 heterocycles. The summed E-state index contributed by atoms with van der Waals surface area (Å²) in [5, 5.41) is 8.77. The molecule has 1 aromatic carbocycles. The second-order valence-corrected chi connectivity index (χ2v) is 8.30. The van der Waals surface area contributed by atoms with Gasteiger partial charge in [-0.05, 0) is 25.3 Å². The van der Waals surface area contributed by atoms with E-state index in [1.807, 2.05) is 30.1 Å². The highest BCUT2D eigenvalue weighted by Crippen LogP contribution is 2.49. The smallest absolute Gasteiger partial charge is 0.226 e. The summed E-state index contributed by atoms with van der Waals surface area (Å²) >= 11 is 1.69. The Kier molecular flexibility index (Phi) is 3.50. The number of carbonyl (C=O) groups is 1. The largest absolute Gasteiger partial charge is 0.311 e. The average molecular weight is 364 g/mol. The van der Waals surface area contributed by atoms with Gasteiger partial charge in [0.15, 0.2) is 0 Å². The average Bonchev–Trinajstić information content (AvgIpc) is 3.26. The lowest BCUT2D eigenvalue weighted by molar-refractivity contribution is -0.116. The maximum atomic E-state index is 12.3. The van der Waals surface area contributed by atoms with Gasteiger partial charge in [-0.15, -0.1) is 11.3 Å². The minimum Gasteiger partial charge on any atom is -0.311 e. The first kappa shape index (κ1) is 15.8. The molecular weight excluding hydrogens is 344 g/mol. The first-order valence-electron chi connectivity index (χ1n) is 9.00. The number of amides is 1. The summed E-state index contributed by atoms with van der Waals surface area (Å²) in [6.45, 7) is 2.11. The minimum atomic E-state index is 0.0540. The first-order valence-corrected chi connectivity index (χ1v) is 9.82. The van der Waals surface area contributed by atoms with Crippen LogP contribution in [0.5, 0.6) is 0 Å². The van der Waals surface area contributed by atoms with Crippen molar-refractivity contribution in [2.24, 2.45) is 7.05 Å². The number of carbonyl (C=O) groups excluding carboxylic acids is 1. The fourth-order valence-electron chi connectivity index (χ4n) is 3.81. The zero-order valence-electron chi connectivity index (χ0n) is 14.8. The summed E-state index contributed by atoms with van der Waals surface area (Å²) in [7, 11) is 1.92. The Morgan fingerprint density at radius 2 is 2.08 bits per heavy atom. The van der Waals surface area contributed by atoms with Crippen molar-refractivity contribution in [1.29, 1.82) is 0 Å². The Bertz CT molecular complexity index is 1010. The molecule has 0 bridgehead atoms. The van der Waals surface area contributed by atoms with Gasteiger partial charge in [-0.3, -0.25) is 9.48 Å². The van der Waals surface area contributed by atoms with Gasteiger partial charge in [-0.1, -0.05) is 24.3 Å². The Balaban J connectivity index is 1.60. The lowest BCUT2D eigenvalue weighted by Crippen LogP contribution is -2.24. The molecule has 5 rings (SSSR count). The molecule has 6 heteroatoms. The molecule has 1 N–H and O–H groups in total. The summed E-state index contributed by atoms with van der Waals surface area (Å²) in [6.07, 6.45) is 4.81. The van der Waals surface area contributed by atoms with E-state index in [-0.39, 0.29) is 11.8 Å². The summed E-state index contributed by atoms with van der Waals surface area (Å²) in [5.41, 5.74) is 4.75. The summed E-state index contributed by atoms with van der Waals surface area (Å²) in [4.78, 5) is 18.1. The van der Waals surface area contributed by atoms with Crippen LogP contribution in [0.25, 0.3) is 10.6 Å². The number of hydrogen-bond donors (Lipinski definition) is 1. The number of thiazole rings is 1. The first-order chi connectivity index (χ1) is 12.6. The van der Waals surface area contributed by atoms with Gasteiger partial charge in [-0.2, -0.15) is 5.10 Å². The van der Waals surface area contributed by atoms with Crippen molar-refractivity contribution in [3.05, 3.63) is 52.2 Å². The SMILES string of the molecule is Cc1ccccc1-c1ncc([C@H]2CC(=O)Nc3c2c(C2CC2)nn3C)s1. The molecule has 1 amide bonds. The molecule has 2 aliphatic rings. The van der Waals surface area contributed by atoms with Gasteiger partial charge in [0.25, 0.3) is 0 Å². The fourth-order valence-corrected chi connectivity index (χ4v) is 4.93. The third kappa shape index (κ3) is 2.48. The maximum Gasteiger partial charge on any atom is 0.226 e. The molecule has 26 heavy (non-hydrogen) atoms. The molecule has 1 saturated carbocycles. The predicted octanol–water partition coefficient (Wildman–Crippen LogP) is 4.20. The second-order valence-electron chi connectivity index (χ2n) is 7.23. The molecule has 1 aliphatic heterocycles. The topological polar surface area (TPSA) is 59.8 Å². The van der Waals surface area contributed by atoms with E-state index in [0.29, 0.717) is 12.3 Å². The van der Waals surface area contributed by atoms with Crippen LogP contribution in [-0.2, 0) is 11.8 Å². The monoisotopic (exact) mass is 364 g/mol. The van der Waals surface area contributed by atoms with Crippen LogP contribution in [0.1, 0.15) is 52.8 Å². The number of nitrogens with zero attached hydrogens (tertiary/aromatic N) is 3. The molecule has 5 nitrogen and oxygen atoms in total. The molecule has 3 aromatic rings. The third-order valence-electron chi connectivity index (χ3n) is 5.31. The van der Waals surface area contributed by atoms with Gasteiger partial charge < -0.3 is 5.32 Å². The molecule has 0 radical (unpaired) electrons. The number of nitrogens with one attached hydrogen (secondary N) is 1. The number of aromatic nitrogens is 3. The number of hydrogen-bond acceptors (Lipinski definition) is 4. The number of rotatable bonds is 3. The summed E-state index contributed by atoms with van der Waals surface area (Å²) in [5.74, 6) is 1.52. The van der Waals surface area contributed by atoms with E-state index in [1.54, 1.807) is 11.3 Å². The number of benzene rings is 1. The van der Waals surface area contributed by atoms with E-state index in [9.17, 15) is 4.79 Å². The van der Waals surface area contributed by atoms with Crippen LogP contribution >= 0.6 is 11.3 Å². The van der Waals surface area contributed by atoms with Crippen molar-refractivity contribution in [3.8, 4) is 10.6 Å². The van der Waals surface area contributed by atoms with Crippen LogP contribution in [0.4, 0.5) is 5.82 Å². The Morgan fingerprint density at radius 3 is 2.85 bits per heavy atom. The molecule has 0 saturated heterocycles. The van der Waals surface area contributed by atoms with Crippen molar-refractivity contribution >= 4 is 23.1 Å². The van der Waals surface area contributed by atoms with Gasteiger partial charge in [0, 0.05) is 47.5 Å². The Morgan fingerprint density at radius 1 is 1.27 bits per heavy atom. The molecular formula is C20H20N4OS. The minimum absolute atomic E-state index is 0.0540. The van der Waals surface area contributed by atoms with Crippen LogP contribution in [0.15, 0.2) is 30.5 Å². The lowest BCUT2D eigenvalue weighted by atomic mass is 9.90. The van der Waals surface area contributed by atoms with Crippen molar-refractivity contribution in [2.45, 2.75) is 38.0 Å². The van der Waals surface area contributed by atoms with Crippen molar-refractivity contribution in [1.82, 2.24) is 14.8 Å². The van der Waals surface area contributed by atoms with Crippen LogP contribution in [-0.4, -0.2) is 20.7 Å². The summed E-state index contributed by atoms with van der Waals surface area (Å²) < 4.78 is 1.83.